The van der Waals surface area contributed by atoms with Gasteiger partial charge in [0, 0.05) is 62.6 Å². The Morgan fingerprint density at radius 1 is 0.871 bits per heavy atom. The van der Waals surface area contributed by atoms with Gasteiger partial charge in [-0.15, -0.1) is 0 Å². The monoisotopic (exact) mass is 421 g/mol. The second-order valence-corrected chi connectivity index (χ2v) is 9.66. The fraction of sp³-hybridized carbons (Fsp3) is 0.654. The summed E-state index contributed by atoms with van der Waals surface area (Å²) in [5.74, 6) is 0. The number of para-hydroxylation sites is 1. The van der Waals surface area contributed by atoms with Crippen LogP contribution in [-0.4, -0.2) is 84.2 Å². The molecular weight excluding hydrogens is 382 g/mol. The summed E-state index contributed by atoms with van der Waals surface area (Å²) in [6.07, 6.45) is 10.6. The van der Waals surface area contributed by atoms with Crippen molar-refractivity contribution < 1.29 is 0 Å². The number of nitrogens with zero attached hydrogens (tertiary/aromatic N) is 5. The molecule has 1 aromatic heterocycles. The molecule has 3 aliphatic heterocycles. The first-order valence-electron chi connectivity index (χ1n) is 12.6. The quantitative estimate of drug-likeness (QED) is 0.726. The molecule has 0 radical (unpaired) electrons. The van der Waals surface area contributed by atoms with E-state index in [1.165, 1.54) is 88.9 Å². The molecule has 3 fully saturated rings. The summed E-state index contributed by atoms with van der Waals surface area (Å²) in [4.78, 5) is 15.5. The lowest BCUT2D eigenvalue weighted by atomic mass is 9.96. The minimum atomic E-state index is 0.677. The molecule has 0 spiro atoms. The molecule has 4 heterocycles. The van der Waals surface area contributed by atoms with E-state index in [9.17, 15) is 0 Å². The summed E-state index contributed by atoms with van der Waals surface area (Å²) in [5.41, 5.74) is 2.48. The topological polar surface area (TPSA) is 25.9 Å². The number of piperazine rings is 1. The van der Waals surface area contributed by atoms with Gasteiger partial charge in [-0.3, -0.25) is 14.8 Å². The van der Waals surface area contributed by atoms with Crippen LogP contribution in [0.1, 0.15) is 45.4 Å². The minimum absolute atomic E-state index is 0.677. The van der Waals surface area contributed by atoms with Crippen LogP contribution in [-0.2, 0) is 0 Å². The first-order valence-corrected chi connectivity index (χ1v) is 12.6. The van der Waals surface area contributed by atoms with Crippen LogP contribution in [0.5, 0.6) is 0 Å². The van der Waals surface area contributed by atoms with Crippen LogP contribution >= 0.6 is 0 Å². The van der Waals surface area contributed by atoms with Crippen LogP contribution < -0.4 is 4.90 Å². The van der Waals surface area contributed by atoms with Gasteiger partial charge in [0.05, 0.1) is 11.7 Å². The highest BCUT2D eigenvalue weighted by atomic mass is 15.4. The van der Waals surface area contributed by atoms with Crippen LogP contribution in [0.2, 0.25) is 0 Å². The van der Waals surface area contributed by atoms with Crippen molar-refractivity contribution in [3.05, 3.63) is 36.5 Å². The lowest BCUT2D eigenvalue weighted by Crippen LogP contribution is -2.60. The van der Waals surface area contributed by atoms with Crippen molar-refractivity contribution in [1.29, 1.82) is 0 Å². The number of likely N-dealkylation sites (tertiary alicyclic amines) is 1. The van der Waals surface area contributed by atoms with E-state index >= 15 is 0 Å². The second kappa shape index (κ2) is 9.85. The Kier molecular flexibility index (Phi) is 6.72. The molecule has 1 unspecified atom stereocenters. The van der Waals surface area contributed by atoms with Gasteiger partial charge in [-0.05, 0) is 63.7 Å². The zero-order valence-electron chi connectivity index (χ0n) is 19.3. The lowest BCUT2D eigenvalue weighted by Gasteiger charge is -2.50. The van der Waals surface area contributed by atoms with E-state index in [0.717, 1.165) is 24.6 Å². The second-order valence-electron chi connectivity index (χ2n) is 9.66. The van der Waals surface area contributed by atoms with Gasteiger partial charge in [0.15, 0.2) is 0 Å². The van der Waals surface area contributed by atoms with Crippen molar-refractivity contribution in [2.75, 3.05) is 57.3 Å². The number of aromatic nitrogens is 1. The minimum Gasteiger partial charge on any atom is -0.371 e. The number of pyridine rings is 1. The smallest absolute Gasteiger partial charge is 0.0722 e. The molecule has 31 heavy (non-hydrogen) atoms. The zero-order chi connectivity index (χ0) is 21.0. The average molecular weight is 422 g/mol. The molecule has 168 valence electrons. The summed E-state index contributed by atoms with van der Waals surface area (Å²) in [5, 5.41) is 1.30. The van der Waals surface area contributed by atoms with Crippen molar-refractivity contribution in [3.8, 4) is 0 Å². The number of piperidine rings is 2. The van der Waals surface area contributed by atoms with Gasteiger partial charge in [-0.1, -0.05) is 25.1 Å². The first kappa shape index (κ1) is 21.2. The summed E-state index contributed by atoms with van der Waals surface area (Å²) in [6.45, 7) is 12.2. The highest BCUT2D eigenvalue weighted by Crippen LogP contribution is 2.32. The van der Waals surface area contributed by atoms with E-state index in [0.29, 0.717) is 6.17 Å². The SMILES string of the molecule is CCCN1CCN(C2CCCCN2C2CCN(c3ccnc4ccccc34)CC2)CC1. The molecular formula is C26H39N5. The largest absolute Gasteiger partial charge is 0.371 e. The van der Waals surface area contributed by atoms with Gasteiger partial charge in [-0.2, -0.15) is 0 Å². The van der Waals surface area contributed by atoms with E-state index in [2.05, 4.69) is 61.8 Å². The number of anilines is 1. The normalized spacial score (nSPS) is 25.3. The van der Waals surface area contributed by atoms with Crippen molar-refractivity contribution in [3.63, 3.8) is 0 Å². The fourth-order valence-electron chi connectivity index (χ4n) is 6.15. The van der Waals surface area contributed by atoms with Crippen LogP contribution in [0.4, 0.5) is 5.69 Å². The van der Waals surface area contributed by atoms with Gasteiger partial charge in [0.1, 0.15) is 0 Å². The Morgan fingerprint density at radius 3 is 2.48 bits per heavy atom. The lowest BCUT2D eigenvalue weighted by molar-refractivity contribution is -0.0407. The van der Waals surface area contributed by atoms with E-state index in [4.69, 9.17) is 0 Å². The third-order valence-corrected chi connectivity index (χ3v) is 7.78. The van der Waals surface area contributed by atoms with Crippen LogP contribution in [0.25, 0.3) is 10.9 Å². The molecule has 0 aliphatic carbocycles. The molecule has 3 aliphatic rings. The maximum atomic E-state index is 4.56. The van der Waals surface area contributed by atoms with Gasteiger partial charge in [0.2, 0.25) is 0 Å². The van der Waals surface area contributed by atoms with Crippen LogP contribution in [0.3, 0.4) is 0 Å². The predicted molar refractivity (Wildman–Crippen MR) is 130 cm³/mol. The first-order chi connectivity index (χ1) is 15.3. The maximum Gasteiger partial charge on any atom is 0.0722 e. The summed E-state index contributed by atoms with van der Waals surface area (Å²) in [6, 6.07) is 11.5. The Labute approximate surface area is 188 Å². The Bertz CT molecular complexity index is 833. The highest BCUT2D eigenvalue weighted by molar-refractivity contribution is 5.91. The summed E-state index contributed by atoms with van der Waals surface area (Å²) < 4.78 is 0. The molecule has 0 N–H and O–H groups in total. The number of hydrogen-bond donors (Lipinski definition) is 0. The third kappa shape index (κ3) is 4.59. The summed E-state index contributed by atoms with van der Waals surface area (Å²) >= 11 is 0. The number of benzene rings is 1. The standard InChI is InChI=1S/C26H39N5/c1-2-14-28-18-20-30(21-19-28)26-9-5-6-15-31(26)22-11-16-29(17-12-22)25-10-13-27-24-8-4-3-7-23(24)25/h3-4,7-8,10,13,22,26H,2,5-6,9,11-12,14-21H2,1H3. The van der Waals surface area contributed by atoms with E-state index < -0.39 is 0 Å². The molecule has 1 aromatic carbocycles. The number of fused-ring (bicyclic) bond motifs is 1. The molecule has 2 aromatic rings. The molecule has 0 bridgehead atoms. The van der Waals surface area contributed by atoms with Crippen molar-refractivity contribution in [2.45, 2.75) is 57.7 Å². The molecule has 0 saturated carbocycles. The molecule has 0 amide bonds. The van der Waals surface area contributed by atoms with Crippen LogP contribution in [0.15, 0.2) is 36.5 Å². The van der Waals surface area contributed by atoms with Crippen molar-refractivity contribution >= 4 is 16.6 Å². The van der Waals surface area contributed by atoms with Crippen molar-refractivity contribution in [2.24, 2.45) is 0 Å². The van der Waals surface area contributed by atoms with Gasteiger partial charge >= 0.3 is 0 Å². The zero-order valence-corrected chi connectivity index (χ0v) is 19.3. The van der Waals surface area contributed by atoms with Gasteiger partial charge < -0.3 is 9.80 Å². The fourth-order valence-corrected chi connectivity index (χ4v) is 6.15. The summed E-state index contributed by atoms with van der Waals surface area (Å²) in [7, 11) is 0. The Hall–Kier alpha value is -1.69. The predicted octanol–water partition coefficient (Wildman–Crippen LogP) is 4.04. The molecule has 5 rings (SSSR count). The van der Waals surface area contributed by atoms with Gasteiger partial charge in [0.25, 0.3) is 0 Å². The van der Waals surface area contributed by atoms with E-state index in [1.54, 1.807) is 0 Å². The number of hydrogen-bond acceptors (Lipinski definition) is 5. The molecule has 5 heteroatoms. The number of rotatable bonds is 5. The Balaban J connectivity index is 1.23. The van der Waals surface area contributed by atoms with E-state index in [1.807, 2.05) is 6.20 Å². The maximum absolute atomic E-state index is 4.56. The molecule has 3 saturated heterocycles. The van der Waals surface area contributed by atoms with E-state index in [-0.39, 0.29) is 0 Å². The Morgan fingerprint density at radius 2 is 1.68 bits per heavy atom. The average Bonchev–Trinajstić information content (AvgIpc) is 2.85. The molecule has 5 nitrogen and oxygen atoms in total. The van der Waals surface area contributed by atoms with Crippen molar-refractivity contribution in [1.82, 2.24) is 19.7 Å². The van der Waals surface area contributed by atoms with Gasteiger partial charge in [-0.25, -0.2) is 0 Å². The highest BCUT2D eigenvalue weighted by Gasteiger charge is 2.35. The third-order valence-electron chi connectivity index (χ3n) is 7.78. The van der Waals surface area contributed by atoms with Crippen LogP contribution in [0, 0.1) is 0 Å². The molecule has 1 atom stereocenters.